The maximum Gasteiger partial charge on any atom is 0.254 e. The van der Waals surface area contributed by atoms with E-state index < -0.39 is 0 Å². The van der Waals surface area contributed by atoms with Gasteiger partial charge in [0.05, 0.1) is 5.56 Å². The van der Waals surface area contributed by atoms with Gasteiger partial charge in [-0.1, -0.05) is 19.3 Å². The standard InChI is InChI=1S/C21H29N3O3S/c25-19(17-8-14-28-15-17)22-10-12-23(13-11-22)21(27)18-7-4-9-24(18)20(26)16-5-2-1-3-6-16/h8,14-16,18H,1-7,9-13H2/t18-/m1/s1. The molecule has 0 bridgehead atoms. The van der Waals surface area contributed by atoms with Gasteiger partial charge in [0, 0.05) is 44.0 Å². The van der Waals surface area contributed by atoms with E-state index in [0.717, 1.165) is 44.1 Å². The molecular weight excluding hydrogens is 374 g/mol. The Balaban J connectivity index is 1.34. The third kappa shape index (κ3) is 3.95. The normalized spacial score (nSPS) is 23.9. The Labute approximate surface area is 170 Å². The molecule has 3 amide bonds. The summed E-state index contributed by atoms with van der Waals surface area (Å²) in [6, 6.07) is 1.55. The summed E-state index contributed by atoms with van der Waals surface area (Å²) in [5.41, 5.74) is 0.727. The minimum Gasteiger partial charge on any atom is -0.337 e. The molecule has 152 valence electrons. The summed E-state index contributed by atoms with van der Waals surface area (Å²) < 4.78 is 0. The first kappa shape index (κ1) is 19.4. The highest BCUT2D eigenvalue weighted by Gasteiger charge is 2.39. The van der Waals surface area contributed by atoms with Crippen LogP contribution in [0.3, 0.4) is 0 Å². The van der Waals surface area contributed by atoms with Crippen molar-refractivity contribution < 1.29 is 14.4 Å². The Kier molecular flexibility index (Phi) is 5.99. The predicted molar refractivity (Wildman–Crippen MR) is 108 cm³/mol. The Morgan fingerprint density at radius 2 is 1.54 bits per heavy atom. The van der Waals surface area contributed by atoms with E-state index in [2.05, 4.69) is 0 Å². The lowest BCUT2D eigenvalue weighted by atomic mass is 9.88. The van der Waals surface area contributed by atoms with Gasteiger partial charge in [0.1, 0.15) is 6.04 Å². The van der Waals surface area contributed by atoms with Gasteiger partial charge >= 0.3 is 0 Å². The van der Waals surface area contributed by atoms with Crippen LogP contribution in [0, 0.1) is 5.92 Å². The number of likely N-dealkylation sites (tertiary alicyclic amines) is 1. The van der Waals surface area contributed by atoms with Gasteiger partial charge in [-0.2, -0.15) is 11.3 Å². The molecule has 2 aliphatic heterocycles. The first-order chi connectivity index (χ1) is 13.6. The van der Waals surface area contributed by atoms with Gasteiger partial charge in [0.2, 0.25) is 11.8 Å². The van der Waals surface area contributed by atoms with Crippen LogP contribution in [0.5, 0.6) is 0 Å². The number of amides is 3. The van der Waals surface area contributed by atoms with Gasteiger partial charge < -0.3 is 14.7 Å². The smallest absolute Gasteiger partial charge is 0.254 e. The molecule has 2 saturated heterocycles. The average molecular weight is 404 g/mol. The lowest BCUT2D eigenvalue weighted by molar-refractivity contribution is -0.147. The van der Waals surface area contributed by atoms with E-state index >= 15 is 0 Å². The van der Waals surface area contributed by atoms with Crippen molar-refractivity contribution in [3.63, 3.8) is 0 Å². The van der Waals surface area contributed by atoms with E-state index in [9.17, 15) is 14.4 Å². The maximum atomic E-state index is 13.1. The summed E-state index contributed by atoms with van der Waals surface area (Å²) in [5.74, 6) is 0.427. The number of carbonyl (C=O) groups is 3. The second-order valence-corrected chi connectivity index (χ2v) is 8.93. The van der Waals surface area contributed by atoms with Crippen molar-refractivity contribution in [3.8, 4) is 0 Å². The number of hydrogen-bond acceptors (Lipinski definition) is 4. The zero-order valence-electron chi connectivity index (χ0n) is 16.3. The summed E-state index contributed by atoms with van der Waals surface area (Å²) in [5, 5.41) is 3.78. The number of hydrogen-bond donors (Lipinski definition) is 0. The molecule has 0 radical (unpaired) electrons. The predicted octanol–water partition coefficient (Wildman–Crippen LogP) is 2.60. The molecule has 0 unspecified atom stereocenters. The molecule has 1 saturated carbocycles. The van der Waals surface area contributed by atoms with Crippen molar-refractivity contribution >= 4 is 29.1 Å². The molecule has 1 aromatic heterocycles. The van der Waals surface area contributed by atoms with Crippen molar-refractivity contribution in [3.05, 3.63) is 22.4 Å². The molecule has 3 aliphatic rings. The fourth-order valence-electron chi connectivity index (χ4n) is 4.78. The summed E-state index contributed by atoms with van der Waals surface area (Å²) >= 11 is 1.52. The van der Waals surface area contributed by atoms with E-state index in [1.807, 2.05) is 31.5 Å². The lowest BCUT2D eigenvalue weighted by Crippen LogP contribution is -2.55. The van der Waals surface area contributed by atoms with E-state index in [1.165, 1.54) is 17.8 Å². The molecular formula is C21H29N3O3S. The Hall–Kier alpha value is -1.89. The highest BCUT2D eigenvalue weighted by molar-refractivity contribution is 7.08. The van der Waals surface area contributed by atoms with Gasteiger partial charge in [-0.15, -0.1) is 0 Å². The largest absolute Gasteiger partial charge is 0.337 e. The summed E-state index contributed by atoms with van der Waals surface area (Å²) in [4.78, 5) is 44.1. The van der Waals surface area contributed by atoms with Crippen molar-refractivity contribution in [2.75, 3.05) is 32.7 Å². The van der Waals surface area contributed by atoms with Gasteiger partial charge in [-0.3, -0.25) is 14.4 Å². The molecule has 4 rings (SSSR count). The molecule has 3 fully saturated rings. The molecule has 1 atom stereocenters. The van der Waals surface area contributed by atoms with Crippen molar-refractivity contribution in [2.45, 2.75) is 51.0 Å². The molecule has 7 heteroatoms. The molecule has 0 aromatic carbocycles. The second-order valence-electron chi connectivity index (χ2n) is 8.15. The van der Waals surface area contributed by atoms with Crippen LogP contribution in [0.1, 0.15) is 55.3 Å². The molecule has 28 heavy (non-hydrogen) atoms. The summed E-state index contributed by atoms with van der Waals surface area (Å²) in [6.45, 7) is 2.93. The monoisotopic (exact) mass is 403 g/mol. The third-order valence-corrected chi connectivity index (χ3v) is 7.11. The van der Waals surface area contributed by atoms with Crippen molar-refractivity contribution in [1.29, 1.82) is 0 Å². The van der Waals surface area contributed by atoms with Gasteiger partial charge in [0.25, 0.3) is 5.91 Å². The minimum atomic E-state index is -0.298. The van der Waals surface area contributed by atoms with Crippen LogP contribution in [0.25, 0.3) is 0 Å². The van der Waals surface area contributed by atoms with E-state index in [1.54, 1.807) is 0 Å². The third-order valence-electron chi connectivity index (χ3n) is 6.42. The van der Waals surface area contributed by atoms with Crippen LogP contribution in [-0.2, 0) is 9.59 Å². The fourth-order valence-corrected chi connectivity index (χ4v) is 5.41. The number of nitrogens with zero attached hydrogens (tertiary/aromatic N) is 3. The van der Waals surface area contributed by atoms with Crippen molar-refractivity contribution in [1.82, 2.24) is 14.7 Å². The zero-order valence-corrected chi connectivity index (χ0v) is 17.2. The lowest BCUT2D eigenvalue weighted by Gasteiger charge is -2.38. The van der Waals surface area contributed by atoms with E-state index in [-0.39, 0.29) is 29.7 Å². The second kappa shape index (κ2) is 8.64. The van der Waals surface area contributed by atoms with Crippen LogP contribution < -0.4 is 0 Å². The minimum absolute atomic E-state index is 0.0447. The van der Waals surface area contributed by atoms with E-state index in [4.69, 9.17) is 0 Å². The Morgan fingerprint density at radius 3 is 2.21 bits per heavy atom. The molecule has 6 nitrogen and oxygen atoms in total. The molecule has 3 heterocycles. The fraction of sp³-hybridized carbons (Fsp3) is 0.667. The SMILES string of the molecule is O=C(c1ccsc1)N1CCN(C(=O)[C@H]2CCCN2C(=O)C2CCCCC2)CC1. The first-order valence-corrected chi connectivity index (χ1v) is 11.5. The molecule has 0 N–H and O–H groups in total. The number of thiophene rings is 1. The maximum absolute atomic E-state index is 13.1. The first-order valence-electron chi connectivity index (χ1n) is 10.6. The number of carbonyl (C=O) groups excluding carboxylic acids is 3. The van der Waals surface area contributed by atoms with Crippen LogP contribution in [0.15, 0.2) is 16.8 Å². The molecule has 1 aromatic rings. The van der Waals surface area contributed by atoms with Crippen LogP contribution in [0.4, 0.5) is 0 Å². The van der Waals surface area contributed by atoms with Crippen LogP contribution in [0.2, 0.25) is 0 Å². The quantitative estimate of drug-likeness (QED) is 0.779. The number of piperazine rings is 1. The van der Waals surface area contributed by atoms with Crippen LogP contribution in [-0.4, -0.2) is 71.2 Å². The zero-order chi connectivity index (χ0) is 19.5. The number of rotatable bonds is 3. The van der Waals surface area contributed by atoms with Crippen LogP contribution >= 0.6 is 11.3 Å². The van der Waals surface area contributed by atoms with Gasteiger partial charge in [-0.25, -0.2) is 0 Å². The topological polar surface area (TPSA) is 60.9 Å². The average Bonchev–Trinajstić information content (AvgIpc) is 3.45. The highest BCUT2D eigenvalue weighted by Crippen LogP contribution is 2.29. The summed E-state index contributed by atoms with van der Waals surface area (Å²) in [7, 11) is 0. The summed E-state index contributed by atoms with van der Waals surface area (Å²) in [6.07, 6.45) is 7.10. The highest BCUT2D eigenvalue weighted by atomic mass is 32.1. The Bertz CT molecular complexity index is 706. The Morgan fingerprint density at radius 1 is 0.821 bits per heavy atom. The molecule has 1 aliphatic carbocycles. The van der Waals surface area contributed by atoms with E-state index in [0.29, 0.717) is 32.7 Å². The van der Waals surface area contributed by atoms with Crippen molar-refractivity contribution in [2.24, 2.45) is 5.92 Å². The molecule has 0 spiro atoms. The van der Waals surface area contributed by atoms with Gasteiger partial charge in [-0.05, 0) is 37.1 Å². The van der Waals surface area contributed by atoms with Gasteiger partial charge in [0.15, 0.2) is 0 Å².